The molecule has 0 fully saturated rings. The van der Waals surface area contributed by atoms with Crippen LogP contribution in [0.5, 0.6) is 5.75 Å². The summed E-state index contributed by atoms with van der Waals surface area (Å²) in [5.41, 5.74) is 2.54. The Hall–Kier alpha value is -2.08. The summed E-state index contributed by atoms with van der Waals surface area (Å²) >= 11 is 0. The summed E-state index contributed by atoms with van der Waals surface area (Å²) in [6, 6.07) is 7.00. The fraction of sp³-hybridized carbons (Fsp3) is 0.529. The van der Waals surface area contributed by atoms with Crippen molar-refractivity contribution in [2.24, 2.45) is 0 Å². The van der Waals surface area contributed by atoms with Crippen LogP contribution in [0.3, 0.4) is 0 Å². The van der Waals surface area contributed by atoms with Crippen molar-refractivity contribution in [3.8, 4) is 5.75 Å². The highest BCUT2D eigenvalue weighted by Crippen LogP contribution is 2.24. The van der Waals surface area contributed by atoms with E-state index in [1.54, 1.807) is 0 Å². The number of aryl methyl sites for hydroxylation is 1. The van der Waals surface area contributed by atoms with Gasteiger partial charge in [0.15, 0.2) is 0 Å². The number of carboxylic acids is 2. The van der Waals surface area contributed by atoms with Crippen molar-refractivity contribution in [1.82, 2.24) is 5.32 Å². The van der Waals surface area contributed by atoms with Gasteiger partial charge in [-0.05, 0) is 30.0 Å². The summed E-state index contributed by atoms with van der Waals surface area (Å²) < 4.78 is 5.82. The Kier molecular flexibility index (Phi) is 9.65. The van der Waals surface area contributed by atoms with Crippen LogP contribution in [0.15, 0.2) is 18.2 Å². The molecule has 0 spiro atoms. The van der Waals surface area contributed by atoms with Crippen LogP contribution in [-0.2, 0) is 9.59 Å². The van der Waals surface area contributed by atoms with E-state index in [-0.39, 0.29) is 0 Å². The average molecular weight is 325 g/mol. The van der Waals surface area contributed by atoms with Crippen LogP contribution < -0.4 is 10.1 Å². The zero-order chi connectivity index (χ0) is 18.0. The molecular formula is C17H27NO5. The van der Waals surface area contributed by atoms with Gasteiger partial charge in [-0.15, -0.1) is 0 Å². The summed E-state index contributed by atoms with van der Waals surface area (Å²) in [7, 11) is 0. The highest BCUT2D eigenvalue weighted by molar-refractivity contribution is 6.27. The zero-order valence-corrected chi connectivity index (χ0v) is 14.4. The Labute approximate surface area is 137 Å². The summed E-state index contributed by atoms with van der Waals surface area (Å²) in [4.78, 5) is 18.2. The van der Waals surface area contributed by atoms with Gasteiger partial charge in [0, 0.05) is 12.6 Å². The van der Waals surface area contributed by atoms with Crippen LogP contribution in [-0.4, -0.2) is 41.3 Å². The van der Waals surface area contributed by atoms with E-state index in [2.05, 4.69) is 58.1 Å². The number of carboxylic acid groups (broad SMARTS) is 2. The highest BCUT2D eigenvalue weighted by Gasteiger charge is 2.05. The predicted octanol–water partition coefficient (Wildman–Crippen LogP) is 2.65. The van der Waals surface area contributed by atoms with E-state index < -0.39 is 11.9 Å². The van der Waals surface area contributed by atoms with Gasteiger partial charge >= 0.3 is 11.9 Å². The van der Waals surface area contributed by atoms with Crippen LogP contribution in [0.25, 0.3) is 0 Å². The first-order valence-corrected chi connectivity index (χ1v) is 7.58. The largest absolute Gasteiger partial charge is 0.492 e. The first-order chi connectivity index (χ1) is 10.6. The van der Waals surface area contributed by atoms with E-state index in [1.807, 2.05) is 0 Å². The molecule has 0 aliphatic carbocycles. The van der Waals surface area contributed by atoms with Crippen molar-refractivity contribution in [1.29, 1.82) is 0 Å². The Morgan fingerprint density at radius 2 is 1.70 bits per heavy atom. The molecule has 0 bridgehead atoms. The minimum Gasteiger partial charge on any atom is -0.492 e. The number of aliphatic carboxylic acids is 2. The SMILES string of the molecule is Cc1ccc(C(C)C)cc1OCCNC(C)C.O=C(O)C(=O)O. The summed E-state index contributed by atoms with van der Waals surface area (Å²) in [6.45, 7) is 12.4. The minimum atomic E-state index is -1.82. The molecule has 0 saturated heterocycles. The predicted molar refractivity (Wildman–Crippen MR) is 89.2 cm³/mol. The normalized spacial score (nSPS) is 10.2. The second-order valence-corrected chi connectivity index (χ2v) is 5.75. The molecule has 6 heteroatoms. The zero-order valence-electron chi connectivity index (χ0n) is 14.4. The van der Waals surface area contributed by atoms with E-state index in [4.69, 9.17) is 24.5 Å². The van der Waals surface area contributed by atoms with E-state index in [0.29, 0.717) is 12.0 Å². The van der Waals surface area contributed by atoms with Gasteiger partial charge in [0.2, 0.25) is 0 Å². The molecule has 0 heterocycles. The number of rotatable bonds is 6. The third-order valence-corrected chi connectivity index (χ3v) is 2.97. The van der Waals surface area contributed by atoms with Gasteiger partial charge in [-0.2, -0.15) is 0 Å². The minimum absolute atomic E-state index is 0.515. The van der Waals surface area contributed by atoms with Crippen LogP contribution in [0.2, 0.25) is 0 Å². The summed E-state index contributed by atoms with van der Waals surface area (Å²) in [6.07, 6.45) is 0. The van der Waals surface area contributed by atoms with Crippen LogP contribution in [0.4, 0.5) is 0 Å². The van der Waals surface area contributed by atoms with E-state index in [0.717, 1.165) is 18.9 Å². The van der Waals surface area contributed by atoms with Gasteiger partial charge in [-0.3, -0.25) is 0 Å². The molecule has 0 amide bonds. The number of benzene rings is 1. The van der Waals surface area contributed by atoms with Gasteiger partial charge in [0.1, 0.15) is 12.4 Å². The molecule has 6 nitrogen and oxygen atoms in total. The standard InChI is InChI=1S/C15H25NO.C2H2O4/c1-11(2)14-7-6-13(5)15(10-14)17-9-8-16-12(3)4;3-1(4)2(5)6/h6-7,10-12,16H,8-9H2,1-5H3;(H,3,4)(H,5,6). The maximum absolute atomic E-state index is 9.10. The molecule has 0 aliphatic rings. The first kappa shape index (κ1) is 20.9. The smallest absolute Gasteiger partial charge is 0.414 e. The van der Waals surface area contributed by atoms with E-state index in [9.17, 15) is 0 Å². The molecule has 23 heavy (non-hydrogen) atoms. The lowest BCUT2D eigenvalue weighted by Gasteiger charge is -2.14. The van der Waals surface area contributed by atoms with Crippen LogP contribution in [0.1, 0.15) is 44.7 Å². The van der Waals surface area contributed by atoms with Gasteiger partial charge in [0.05, 0.1) is 0 Å². The van der Waals surface area contributed by atoms with Crippen molar-refractivity contribution in [3.63, 3.8) is 0 Å². The quantitative estimate of drug-likeness (QED) is 0.550. The first-order valence-electron chi connectivity index (χ1n) is 7.58. The fourth-order valence-electron chi connectivity index (χ4n) is 1.64. The van der Waals surface area contributed by atoms with Crippen molar-refractivity contribution in [2.75, 3.05) is 13.2 Å². The number of hydrogen-bond donors (Lipinski definition) is 3. The van der Waals surface area contributed by atoms with Crippen molar-refractivity contribution >= 4 is 11.9 Å². The highest BCUT2D eigenvalue weighted by atomic mass is 16.5. The Morgan fingerprint density at radius 3 is 2.13 bits per heavy atom. The summed E-state index contributed by atoms with van der Waals surface area (Å²) in [5, 5.41) is 18.1. The topological polar surface area (TPSA) is 95.9 Å². The lowest BCUT2D eigenvalue weighted by Crippen LogP contribution is -2.27. The summed E-state index contributed by atoms with van der Waals surface area (Å²) in [5.74, 6) is -2.08. The maximum Gasteiger partial charge on any atom is 0.414 e. The molecule has 0 unspecified atom stereocenters. The molecule has 0 saturated carbocycles. The number of ether oxygens (including phenoxy) is 1. The third-order valence-electron chi connectivity index (χ3n) is 2.97. The second kappa shape index (κ2) is 10.6. The average Bonchev–Trinajstić information content (AvgIpc) is 2.45. The molecule has 0 radical (unpaired) electrons. The number of carbonyl (C=O) groups is 2. The van der Waals surface area contributed by atoms with Crippen molar-refractivity contribution < 1.29 is 24.5 Å². The molecule has 0 aromatic heterocycles. The van der Waals surface area contributed by atoms with Crippen LogP contribution >= 0.6 is 0 Å². The molecule has 1 aromatic carbocycles. The molecule has 1 rings (SSSR count). The molecule has 0 aliphatic heterocycles. The Bertz CT molecular complexity index is 500. The van der Waals surface area contributed by atoms with Crippen molar-refractivity contribution in [3.05, 3.63) is 29.3 Å². The van der Waals surface area contributed by atoms with Crippen LogP contribution in [0, 0.1) is 6.92 Å². The van der Waals surface area contributed by atoms with Gasteiger partial charge in [-0.25, -0.2) is 9.59 Å². The van der Waals surface area contributed by atoms with Gasteiger partial charge in [0.25, 0.3) is 0 Å². The third kappa shape index (κ3) is 9.52. The van der Waals surface area contributed by atoms with E-state index in [1.165, 1.54) is 11.1 Å². The Morgan fingerprint density at radius 1 is 1.13 bits per heavy atom. The molecule has 130 valence electrons. The lowest BCUT2D eigenvalue weighted by molar-refractivity contribution is -0.159. The van der Waals surface area contributed by atoms with E-state index >= 15 is 0 Å². The van der Waals surface area contributed by atoms with Gasteiger partial charge in [-0.1, -0.05) is 39.8 Å². The number of nitrogens with one attached hydrogen (secondary N) is 1. The molecule has 1 aromatic rings. The molecular weight excluding hydrogens is 298 g/mol. The van der Waals surface area contributed by atoms with Crippen molar-refractivity contribution in [2.45, 2.75) is 46.6 Å². The second-order valence-electron chi connectivity index (χ2n) is 5.75. The monoisotopic (exact) mass is 325 g/mol. The molecule has 0 atom stereocenters. The lowest BCUT2D eigenvalue weighted by atomic mass is 10.0. The number of hydrogen-bond acceptors (Lipinski definition) is 4. The fourth-order valence-corrected chi connectivity index (χ4v) is 1.64. The Balaban J connectivity index is 0.000000688. The maximum atomic E-state index is 9.10. The molecule has 3 N–H and O–H groups in total. The van der Waals surface area contributed by atoms with Gasteiger partial charge < -0.3 is 20.3 Å².